The fourth-order valence-electron chi connectivity index (χ4n) is 4.89. The third-order valence-corrected chi connectivity index (χ3v) is 7.89. The standard InChI is InChI=1S/C24H38N4O.C4H9N.C3H7NO.C3H8.C2H6/c1-5-7-20(3)24(18-26-27-19-25-4)14-16-28(17-15-24)23(29)13-12-22-10-8-21(6-2)9-11-22;1-5-3-2-4-5;1-4(2)3-5;1-3-2;1-2/h8-11,19-20,26H,4-7,12-18H2,1-3H3;2-4H2,1H3;3H,1-2H3;3H2,1-2H3;1-2H3/b27-19-;;;;. The molecule has 1 aromatic carbocycles. The van der Waals surface area contributed by atoms with E-state index in [9.17, 15) is 9.59 Å². The summed E-state index contributed by atoms with van der Waals surface area (Å²) in [5.74, 6) is 0.879. The molecule has 0 aliphatic carbocycles. The molecule has 8 nitrogen and oxygen atoms in total. The number of aliphatic imine (C=N–C) groups is 1. The lowest BCUT2D eigenvalue weighted by atomic mass is 9.68. The van der Waals surface area contributed by atoms with Crippen molar-refractivity contribution in [2.24, 2.45) is 21.4 Å². The number of benzene rings is 1. The number of hydrogen-bond acceptors (Lipinski definition) is 5. The number of nitrogens with zero attached hydrogens (tertiary/aromatic N) is 5. The van der Waals surface area contributed by atoms with Gasteiger partial charge in [-0.05, 0) is 81.4 Å². The molecule has 44 heavy (non-hydrogen) atoms. The summed E-state index contributed by atoms with van der Waals surface area (Å²) in [4.78, 5) is 31.7. The first kappa shape index (κ1) is 43.4. The van der Waals surface area contributed by atoms with Gasteiger partial charge in [0.1, 0.15) is 6.34 Å². The van der Waals surface area contributed by atoms with Gasteiger partial charge < -0.3 is 20.1 Å². The van der Waals surface area contributed by atoms with Crippen molar-refractivity contribution in [1.82, 2.24) is 20.1 Å². The predicted octanol–water partition coefficient (Wildman–Crippen LogP) is 6.93. The zero-order valence-corrected chi connectivity index (χ0v) is 30.2. The molecule has 0 bridgehead atoms. The van der Waals surface area contributed by atoms with Crippen LogP contribution in [0.2, 0.25) is 0 Å². The number of hydrazone groups is 1. The second-order valence-electron chi connectivity index (χ2n) is 11.8. The smallest absolute Gasteiger partial charge is 0.222 e. The Balaban J connectivity index is 0. The Morgan fingerprint density at radius 1 is 1.05 bits per heavy atom. The number of hydrogen-bond donors (Lipinski definition) is 1. The fourth-order valence-corrected chi connectivity index (χ4v) is 4.89. The van der Waals surface area contributed by atoms with Crippen molar-refractivity contribution in [3.63, 3.8) is 0 Å². The molecule has 0 aromatic heterocycles. The van der Waals surface area contributed by atoms with Gasteiger partial charge in [-0.2, -0.15) is 5.10 Å². The molecular weight excluding hydrogens is 548 g/mol. The summed E-state index contributed by atoms with van der Waals surface area (Å²) in [5, 5.41) is 4.12. The van der Waals surface area contributed by atoms with Crippen molar-refractivity contribution in [3.05, 3.63) is 35.4 Å². The summed E-state index contributed by atoms with van der Waals surface area (Å²) in [6.45, 7) is 23.6. The molecule has 0 saturated carbocycles. The van der Waals surface area contributed by atoms with Crippen molar-refractivity contribution in [2.75, 3.05) is 53.9 Å². The van der Waals surface area contributed by atoms with Crippen LogP contribution in [0.25, 0.3) is 0 Å². The maximum absolute atomic E-state index is 12.8. The second kappa shape index (κ2) is 27.8. The molecule has 2 fully saturated rings. The lowest BCUT2D eigenvalue weighted by Gasteiger charge is -2.45. The van der Waals surface area contributed by atoms with Crippen LogP contribution in [0.4, 0.5) is 0 Å². The highest BCUT2D eigenvalue weighted by molar-refractivity contribution is 5.76. The quantitative estimate of drug-likeness (QED) is 0.120. The highest BCUT2D eigenvalue weighted by atomic mass is 16.2. The molecule has 2 aliphatic heterocycles. The van der Waals surface area contributed by atoms with Gasteiger partial charge in [-0.3, -0.25) is 14.6 Å². The van der Waals surface area contributed by atoms with Gasteiger partial charge >= 0.3 is 0 Å². The molecule has 0 radical (unpaired) electrons. The van der Waals surface area contributed by atoms with Gasteiger partial charge in [-0.15, -0.1) is 0 Å². The first-order chi connectivity index (χ1) is 21.1. The van der Waals surface area contributed by atoms with Gasteiger partial charge in [0.15, 0.2) is 0 Å². The number of amides is 2. The molecule has 3 rings (SSSR count). The minimum absolute atomic E-state index is 0.182. The molecule has 2 saturated heterocycles. The van der Waals surface area contributed by atoms with E-state index in [1.54, 1.807) is 14.1 Å². The number of carbonyl (C=O) groups excluding carboxylic acids is 2. The summed E-state index contributed by atoms with van der Waals surface area (Å²) in [5.41, 5.74) is 5.94. The molecule has 1 aromatic rings. The van der Waals surface area contributed by atoms with Crippen LogP contribution >= 0.6 is 0 Å². The Bertz CT molecular complexity index is 860. The van der Waals surface area contributed by atoms with Crippen molar-refractivity contribution < 1.29 is 9.59 Å². The first-order valence-electron chi connectivity index (χ1n) is 17.0. The fraction of sp³-hybridized carbons (Fsp3) is 0.722. The molecule has 2 heterocycles. The van der Waals surface area contributed by atoms with Crippen LogP contribution in [0.3, 0.4) is 0 Å². The first-order valence-corrected chi connectivity index (χ1v) is 17.0. The van der Waals surface area contributed by atoms with E-state index in [0.29, 0.717) is 12.3 Å². The van der Waals surface area contributed by atoms with E-state index in [1.165, 1.54) is 61.1 Å². The Morgan fingerprint density at radius 2 is 1.55 bits per heavy atom. The number of likely N-dealkylation sites (tertiary alicyclic amines) is 2. The third kappa shape index (κ3) is 19.5. The molecule has 8 heteroatoms. The normalized spacial score (nSPS) is 15.6. The minimum Gasteiger partial charge on any atom is -0.351 e. The Labute approximate surface area is 271 Å². The maximum Gasteiger partial charge on any atom is 0.222 e. The molecular formula is C36H68N6O2. The van der Waals surface area contributed by atoms with Crippen molar-refractivity contribution >= 4 is 25.4 Å². The summed E-state index contributed by atoms with van der Waals surface area (Å²) < 4.78 is 0. The maximum atomic E-state index is 12.8. The van der Waals surface area contributed by atoms with Crippen LogP contribution in [-0.2, 0) is 22.4 Å². The molecule has 2 aliphatic rings. The van der Waals surface area contributed by atoms with Crippen molar-refractivity contribution in [1.29, 1.82) is 0 Å². The number of aryl methyl sites for hydroxylation is 2. The van der Waals surface area contributed by atoms with Crippen LogP contribution in [0.1, 0.15) is 105 Å². The average molecular weight is 617 g/mol. The van der Waals surface area contributed by atoms with E-state index in [2.05, 4.69) is 98.0 Å². The zero-order valence-electron chi connectivity index (χ0n) is 30.2. The van der Waals surface area contributed by atoms with E-state index in [-0.39, 0.29) is 11.3 Å². The number of nitrogens with one attached hydrogen (secondary N) is 1. The van der Waals surface area contributed by atoms with Crippen LogP contribution < -0.4 is 5.43 Å². The topological polar surface area (TPSA) is 80.6 Å². The van der Waals surface area contributed by atoms with Gasteiger partial charge in [0.2, 0.25) is 12.3 Å². The van der Waals surface area contributed by atoms with E-state index < -0.39 is 0 Å². The number of rotatable bonds is 12. The molecule has 1 unspecified atom stereocenters. The average Bonchev–Trinajstić information content (AvgIpc) is 3.03. The molecule has 254 valence electrons. The van der Waals surface area contributed by atoms with Gasteiger partial charge in [0.05, 0.1) is 0 Å². The highest BCUT2D eigenvalue weighted by Gasteiger charge is 2.39. The van der Waals surface area contributed by atoms with Gasteiger partial charge in [0, 0.05) is 40.2 Å². The third-order valence-electron chi connectivity index (χ3n) is 7.89. The Hall–Kier alpha value is -2.74. The predicted molar refractivity (Wildman–Crippen MR) is 192 cm³/mol. The van der Waals surface area contributed by atoms with E-state index >= 15 is 0 Å². The lowest BCUT2D eigenvalue weighted by Crippen LogP contribution is -2.49. The lowest BCUT2D eigenvalue weighted by molar-refractivity contribution is -0.134. The van der Waals surface area contributed by atoms with E-state index in [4.69, 9.17) is 0 Å². The number of carbonyl (C=O) groups is 2. The Morgan fingerprint density at radius 3 is 1.93 bits per heavy atom. The monoisotopic (exact) mass is 617 g/mol. The van der Waals surface area contributed by atoms with Crippen molar-refractivity contribution in [2.45, 2.75) is 106 Å². The van der Waals surface area contributed by atoms with Crippen LogP contribution in [-0.4, -0.2) is 93.9 Å². The summed E-state index contributed by atoms with van der Waals surface area (Å²) in [6.07, 6.45) is 11.8. The zero-order chi connectivity index (χ0) is 33.8. The van der Waals surface area contributed by atoms with E-state index in [0.717, 1.165) is 51.7 Å². The largest absolute Gasteiger partial charge is 0.351 e. The molecule has 1 atom stereocenters. The summed E-state index contributed by atoms with van der Waals surface area (Å²) in [7, 11) is 5.52. The molecule has 1 N–H and O–H groups in total. The van der Waals surface area contributed by atoms with Crippen molar-refractivity contribution in [3.8, 4) is 0 Å². The summed E-state index contributed by atoms with van der Waals surface area (Å²) >= 11 is 0. The van der Waals surface area contributed by atoms with Crippen LogP contribution in [0.5, 0.6) is 0 Å². The highest BCUT2D eigenvalue weighted by Crippen LogP contribution is 2.40. The molecule has 2 amide bonds. The van der Waals surface area contributed by atoms with Crippen LogP contribution in [0, 0.1) is 11.3 Å². The van der Waals surface area contributed by atoms with Gasteiger partial charge in [-0.1, -0.05) is 92.0 Å². The van der Waals surface area contributed by atoms with Gasteiger partial charge in [-0.25, -0.2) is 0 Å². The summed E-state index contributed by atoms with van der Waals surface area (Å²) in [6, 6.07) is 8.65. The second-order valence-corrected chi connectivity index (χ2v) is 11.8. The Kier molecular flexibility index (Phi) is 27.4. The SMILES string of the molecule is C=N/C=N\NCC1(C(C)CCC)CCN(C(=O)CCc2ccc(CC)cc2)CC1.CC.CCC.CN(C)C=O.CN1CCC1. The van der Waals surface area contributed by atoms with Crippen LogP contribution in [0.15, 0.2) is 34.4 Å². The van der Waals surface area contributed by atoms with Gasteiger partial charge in [0.25, 0.3) is 0 Å². The molecule has 0 spiro atoms. The number of piperidine rings is 1. The van der Waals surface area contributed by atoms with E-state index in [1.807, 2.05) is 13.8 Å². The minimum atomic E-state index is 0.182.